The average molecular weight is 411 g/mol. The SMILES string of the molecule is COc1cc(CN2CC(CN(CC(C)C)C(C)=O)C(c3ccccc3)C2)ccc1O. The minimum absolute atomic E-state index is 0.150. The van der Waals surface area contributed by atoms with Crippen molar-refractivity contribution >= 4 is 5.91 Å². The lowest BCUT2D eigenvalue weighted by Crippen LogP contribution is -2.38. The number of hydrogen-bond donors (Lipinski definition) is 1. The molecule has 1 aliphatic rings. The normalized spacial score (nSPS) is 19.2. The summed E-state index contributed by atoms with van der Waals surface area (Å²) < 4.78 is 5.26. The monoisotopic (exact) mass is 410 g/mol. The number of amides is 1. The molecule has 1 saturated heterocycles. The molecule has 1 amide bonds. The van der Waals surface area contributed by atoms with Gasteiger partial charge in [0.25, 0.3) is 0 Å². The summed E-state index contributed by atoms with van der Waals surface area (Å²) in [7, 11) is 1.57. The summed E-state index contributed by atoms with van der Waals surface area (Å²) >= 11 is 0. The van der Waals surface area contributed by atoms with Crippen LogP contribution in [0.4, 0.5) is 0 Å². The molecule has 2 aromatic rings. The summed E-state index contributed by atoms with van der Waals surface area (Å²) in [5, 5.41) is 9.88. The number of benzene rings is 2. The third-order valence-electron chi connectivity index (χ3n) is 5.88. The minimum Gasteiger partial charge on any atom is -0.504 e. The maximum atomic E-state index is 12.3. The molecule has 1 aliphatic heterocycles. The van der Waals surface area contributed by atoms with Crippen LogP contribution in [-0.2, 0) is 11.3 Å². The van der Waals surface area contributed by atoms with E-state index in [1.165, 1.54) is 5.56 Å². The summed E-state index contributed by atoms with van der Waals surface area (Å²) in [6, 6.07) is 16.2. The number of aromatic hydroxyl groups is 1. The lowest BCUT2D eigenvalue weighted by atomic mass is 9.88. The van der Waals surface area contributed by atoms with Crippen LogP contribution >= 0.6 is 0 Å². The highest BCUT2D eigenvalue weighted by Gasteiger charge is 2.35. The van der Waals surface area contributed by atoms with Crippen molar-refractivity contribution in [3.63, 3.8) is 0 Å². The van der Waals surface area contributed by atoms with Gasteiger partial charge in [-0.2, -0.15) is 0 Å². The van der Waals surface area contributed by atoms with Gasteiger partial charge in [0.1, 0.15) is 0 Å². The second-order valence-electron chi connectivity index (χ2n) is 8.80. The molecule has 0 saturated carbocycles. The van der Waals surface area contributed by atoms with Gasteiger partial charge < -0.3 is 14.7 Å². The molecule has 0 spiro atoms. The van der Waals surface area contributed by atoms with Crippen molar-refractivity contribution in [3.05, 3.63) is 59.7 Å². The van der Waals surface area contributed by atoms with Crippen molar-refractivity contribution in [2.75, 3.05) is 33.3 Å². The highest BCUT2D eigenvalue weighted by atomic mass is 16.5. The van der Waals surface area contributed by atoms with E-state index in [1.54, 1.807) is 20.1 Å². The predicted octanol–water partition coefficient (Wildman–Crippen LogP) is 4.12. The van der Waals surface area contributed by atoms with Gasteiger partial charge in [-0.25, -0.2) is 0 Å². The first-order valence-corrected chi connectivity index (χ1v) is 10.8. The van der Waals surface area contributed by atoms with Crippen molar-refractivity contribution in [1.82, 2.24) is 9.80 Å². The van der Waals surface area contributed by atoms with E-state index in [0.29, 0.717) is 23.5 Å². The Hall–Kier alpha value is -2.53. The first-order chi connectivity index (χ1) is 14.4. The fourth-order valence-electron chi connectivity index (χ4n) is 4.49. The molecule has 0 aromatic heterocycles. The third kappa shape index (κ3) is 5.54. The number of carbonyl (C=O) groups excluding carboxylic acids is 1. The molecule has 0 radical (unpaired) electrons. The van der Waals surface area contributed by atoms with Gasteiger partial charge in [-0.1, -0.05) is 50.2 Å². The molecule has 3 rings (SSSR count). The Kier molecular flexibility index (Phi) is 7.38. The van der Waals surface area contributed by atoms with Crippen LogP contribution in [0.3, 0.4) is 0 Å². The van der Waals surface area contributed by atoms with Gasteiger partial charge in [-0.15, -0.1) is 0 Å². The highest BCUT2D eigenvalue weighted by Crippen LogP contribution is 2.35. The highest BCUT2D eigenvalue weighted by molar-refractivity contribution is 5.73. The predicted molar refractivity (Wildman–Crippen MR) is 120 cm³/mol. The Morgan fingerprint density at radius 1 is 1.20 bits per heavy atom. The van der Waals surface area contributed by atoms with Crippen molar-refractivity contribution in [1.29, 1.82) is 0 Å². The van der Waals surface area contributed by atoms with Gasteiger partial charge >= 0.3 is 0 Å². The average Bonchev–Trinajstić information content (AvgIpc) is 3.11. The van der Waals surface area contributed by atoms with E-state index in [9.17, 15) is 9.90 Å². The molecular weight excluding hydrogens is 376 g/mol. The molecule has 162 valence electrons. The number of carbonyl (C=O) groups is 1. The van der Waals surface area contributed by atoms with Crippen molar-refractivity contribution in [2.24, 2.45) is 11.8 Å². The smallest absolute Gasteiger partial charge is 0.219 e. The van der Waals surface area contributed by atoms with Crippen LogP contribution in [0.2, 0.25) is 0 Å². The van der Waals surface area contributed by atoms with E-state index in [2.05, 4.69) is 49.1 Å². The fraction of sp³-hybridized carbons (Fsp3) is 0.480. The molecule has 2 atom stereocenters. The first kappa shape index (κ1) is 22.2. The van der Waals surface area contributed by atoms with Gasteiger partial charge in [0.15, 0.2) is 11.5 Å². The number of likely N-dealkylation sites (tertiary alicyclic amines) is 1. The molecule has 0 aliphatic carbocycles. The van der Waals surface area contributed by atoms with E-state index in [0.717, 1.165) is 38.3 Å². The zero-order valence-electron chi connectivity index (χ0n) is 18.5. The van der Waals surface area contributed by atoms with Gasteiger partial charge in [0.2, 0.25) is 5.91 Å². The zero-order valence-corrected chi connectivity index (χ0v) is 18.5. The number of phenolic OH excluding ortho intramolecular Hbond substituents is 1. The molecule has 5 heteroatoms. The summed E-state index contributed by atoms with van der Waals surface area (Å²) in [6.45, 7) is 10.2. The van der Waals surface area contributed by atoms with Crippen LogP contribution in [0.5, 0.6) is 11.5 Å². The Bertz CT molecular complexity index is 838. The quantitative estimate of drug-likeness (QED) is 0.711. The molecule has 2 unspecified atom stereocenters. The Balaban J connectivity index is 1.78. The van der Waals surface area contributed by atoms with Crippen LogP contribution in [0.15, 0.2) is 48.5 Å². The van der Waals surface area contributed by atoms with E-state index < -0.39 is 0 Å². The summed E-state index contributed by atoms with van der Waals surface area (Å²) in [5.74, 6) is 2.03. The summed E-state index contributed by atoms with van der Waals surface area (Å²) in [4.78, 5) is 16.7. The Morgan fingerprint density at radius 3 is 2.57 bits per heavy atom. The molecule has 30 heavy (non-hydrogen) atoms. The van der Waals surface area contributed by atoms with Crippen LogP contribution < -0.4 is 4.74 Å². The summed E-state index contributed by atoms with van der Waals surface area (Å²) in [6.07, 6.45) is 0. The van der Waals surface area contributed by atoms with E-state index in [-0.39, 0.29) is 11.7 Å². The number of nitrogens with zero attached hydrogens (tertiary/aromatic N) is 2. The number of hydrogen-bond acceptors (Lipinski definition) is 4. The van der Waals surface area contributed by atoms with E-state index in [1.807, 2.05) is 17.0 Å². The molecular formula is C25H34N2O3. The number of ether oxygens (including phenoxy) is 1. The maximum absolute atomic E-state index is 12.3. The van der Waals surface area contributed by atoms with Crippen LogP contribution in [0, 0.1) is 11.8 Å². The van der Waals surface area contributed by atoms with Crippen LogP contribution in [-0.4, -0.2) is 54.1 Å². The standard InChI is InChI=1S/C25H34N2O3/c1-18(2)13-27(19(3)28)16-22-15-26(17-23(22)21-8-6-5-7-9-21)14-20-10-11-24(29)25(12-20)30-4/h5-12,18,22-23,29H,13-17H2,1-4H3. The fourth-order valence-corrected chi connectivity index (χ4v) is 4.49. The van der Waals surface area contributed by atoms with Crippen LogP contribution in [0.25, 0.3) is 0 Å². The zero-order chi connectivity index (χ0) is 21.7. The van der Waals surface area contributed by atoms with Crippen LogP contribution in [0.1, 0.15) is 37.8 Å². The topological polar surface area (TPSA) is 53.0 Å². The Labute approximate surface area is 180 Å². The summed E-state index contributed by atoms with van der Waals surface area (Å²) in [5.41, 5.74) is 2.45. The second kappa shape index (κ2) is 9.98. The lowest BCUT2D eigenvalue weighted by molar-refractivity contribution is -0.130. The second-order valence-corrected chi connectivity index (χ2v) is 8.80. The van der Waals surface area contributed by atoms with Crippen molar-refractivity contribution in [3.8, 4) is 11.5 Å². The van der Waals surface area contributed by atoms with Gasteiger partial charge in [-0.05, 0) is 35.1 Å². The molecule has 0 bridgehead atoms. The van der Waals surface area contributed by atoms with Gasteiger partial charge in [-0.3, -0.25) is 9.69 Å². The number of phenols is 1. The van der Waals surface area contributed by atoms with Crippen molar-refractivity contribution < 1.29 is 14.6 Å². The van der Waals surface area contributed by atoms with E-state index >= 15 is 0 Å². The molecule has 2 aromatic carbocycles. The number of rotatable bonds is 8. The molecule has 5 nitrogen and oxygen atoms in total. The van der Waals surface area contributed by atoms with Gasteiger partial charge in [0, 0.05) is 45.6 Å². The minimum atomic E-state index is 0.150. The largest absolute Gasteiger partial charge is 0.504 e. The molecule has 1 heterocycles. The maximum Gasteiger partial charge on any atom is 0.219 e. The van der Waals surface area contributed by atoms with Crippen molar-refractivity contribution in [2.45, 2.75) is 33.2 Å². The lowest BCUT2D eigenvalue weighted by Gasteiger charge is -2.29. The third-order valence-corrected chi connectivity index (χ3v) is 5.88. The van der Waals surface area contributed by atoms with Gasteiger partial charge in [0.05, 0.1) is 7.11 Å². The van der Waals surface area contributed by atoms with E-state index in [4.69, 9.17) is 4.74 Å². The first-order valence-electron chi connectivity index (χ1n) is 10.8. The number of methoxy groups -OCH3 is 1. The molecule has 1 fully saturated rings. The Morgan fingerprint density at radius 2 is 1.93 bits per heavy atom. The molecule has 1 N–H and O–H groups in total.